The predicted octanol–water partition coefficient (Wildman–Crippen LogP) is 3.30. The lowest BCUT2D eigenvalue weighted by molar-refractivity contribution is -0.124. The molecule has 1 fully saturated rings. The van der Waals surface area contributed by atoms with Gasteiger partial charge in [0.2, 0.25) is 5.91 Å². The highest BCUT2D eigenvalue weighted by Gasteiger charge is 2.26. The monoisotopic (exact) mass is 294 g/mol. The molecule has 3 nitrogen and oxygen atoms in total. The van der Waals surface area contributed by atoms with Crippen molar-refractivity contribution < 1.29 is 4.79 Å². The maximum atomic E-state index is 12.3. The summed E-state index contributed by atoms with van der Waals surface area (Å²) in [4.78, 5) is 12.3. The highest BCUT2D eigenvalue weighted by Crippen LogP contribution is 2.23. The van der Waals surface area contributed by atoms with E-state index in [1.54, 1.807) is 0 Å². The summed E-state index contributed by atoms with van der Waals surface area (Å²) in [7, 11) is 0. The second-order valence-corrected chi connectivity index (χ2v) is 5.96. The lowest BCUT2D eigenvalue weighted by Gasteiger charge is -2.30. The SMILES string of the molecule is CCC1CCNC(C(=O)NC(C)c2ccccc2Cl)C1. The fraction of sp³-hybridized carbons (Fsp3) is 0.562. The molecule has 20 heavy (non-hydrogen) atoms. The van der Waals surface area contributed by atoms with E-state index < -0.39 is 0 Å². The molecule has 1 aliphatic rings. The van der Waals surface area contributed by atoms with Gasteiger partial charge in [-0.05, 0) is 43.9 Å². The van der Waals surface area contributed by atoms with Crippen LogP contribution in [0.5, 0.6) is 0 Å². The topological polar surface area (TPSA) is 41.1 Å². The Hall–Kier alpha value is -1.06. The Morgan fingerprint density at radius 3 is 2.95 bits per heavy atom. The van der Waals surface area contributed by atoms with Crippen molar-refractivity contribution in [3.05, 3.63) is 34.9 Å². The summed E-state index contributed by atoms with van der Waals surface area (Å²) < 4.78 is 0. The van der Waals surface area contributed by atoms with Gasteiger partial charge in [-0.1, -0.05) is 43.1 Å². The Bertz CT molecular complexity index is 464. The molecule has 0 spiro atoms. The van der Waals surface area contributed by atoms with E-state index >= 15 is 0 Å². The minimum Gasteiger partial charge on any atom is -0.348 e. The minimum atomic E-state index is -0.0707. The summed E-state index contributed by atoms with van der Waals surface area (Å²) in [6.07, 6.45) is 3.24. The molecule has 0 saturated carbocycles. The first-order valence-electron chi connectivity index (χ1n) is 7.40. The Kier molecular flexibility index (Phi) is 5.44. The van der Waals surface area contributed by atoms with Gasteiger partial charge in [-0.15, -0.1) is 0 Å². The van der Waals surface area contributed by atoms with Crippen LogP contribution >= 0.6 is 11.6 Å². The zero-order valence-electron chi connectivity index (χ0n) is 12.2. The molecule has 1 heterocycles. The van der Waals surface area contributed by atoms with Crippen molar-refractivity contribution in [3.63, 3.8) is 0 Å². The summed E-state index contributed by atoms with van der Waals surface area (Å²) in [5.74, 6) is 0.734. The van der Waals surface area contributed by atoms with Gasteiger partial charge < -0.3 is 10.6 Å². The second-order valence-electron chi connectivity index (χ2n) is 5.56. The van der Waals surface area contributed by atoms with Gasteiger partial charge in [0.25, 0.3) is 0 Å². The van der Waals surface area contributed by atoms with E-state index in [9.17, 15) is 4.79 Å². The Morgan fingerprint density at radius 2 is 2.25 bits per heavy atom. The maximum absolute atomic E-state index is 12.3. The fourth-order valence-corrected chi connectivity index (χ4v) is 3.08. The molecule has 0 aromatic heterocycles. The van der Waals surface area contributed by atoms with Crippen LogP contribution in [0.4, 0.5) is 0 Å². The lowest BCUT2D eigenvalue weighted by Crippen LogP contribution is -2.49. The number of hydrogen-bond acceptors (Lipinski definition) is 2. The molecule has 0 radical (unpaired) electrons. The van der Waals surface area contributed by atoms with Crippen LogP contribution in [0.3, 0.4) is 0 Å². The average Bonchev–Trinajstić information content (AvgIpc) is 2.47. The molecule has 110 valence electrons. The van der Waals surface area contributed by atoms with Crippen LogP contribution in [-0.4, -0.2) is 18.5 Å². The van der Waals surface area contributed by atoms with Crippen LogP contribution in [0.15, 0.2) is 24.3 Å². The van der Waals surface area contributed by atoms with Crippen LogP contribution in [0.1, 0.15) is 44.7 Å². The molecule has 0 bridgehead atoms. The molecular weight excluding hydrogens is 272 g/mol. The standard InChI is InChI=1S/C16H23ClN2O/c1-3-12-8-9-18-15(10-12)16(20)19-11(2)13-6-4-5-7-14(13)17/h4-7,11-12,15,18H,3,8-10H2,1-2H3,(H,19,20). The van der Waals surface area contributed by atoms with Crippen molar-refractivity contribution in [1.29, 1.82) is 0 Å². The van der Waals surface area contributed by atoms with Gasteiger partial charge in [-0.2, -0.15) is 0 Å². The van der Waals surface area contributed by atoms with Crippen LogP contribution in [-0.2, 0) is 4.79 Å². The third-order valence-corrected chi connectivity index (χ3v) is 4.48. The number of carbonyl (C=O) groups excluding carboxylic acids is 1. The molecule has 1 amide bonds. The van der Waals surface area contributed by atoms with E-state index in [0.29, 0.717) is 10.9 Å². The van der Waals surface area contributed by atoms with Crippen LogP contribution < -0.4 is 10.6 Å². The molecule has 2 N–H and O–H groups in total. The number of halogens is 1. The van der Waals surface area contributed by atoms with E-state index in [0.717, 1.165) is 24.9 Å². The Balaban J connectivity index is 1.95. The van der Waals surface area contributed by atoms with E-state index in [1.165, 1.54) is 6.42 Å². The summed E-state index contributed by atoms with van der Waals surface area (Å²) >= 11 is 6.17. The highest BCUT2D eigenvalue weighted by molar-refractivity contribution is 6.31. The number of benzene rings is 1. The molecule has 1 saturated heterocycles. The van der Waals surface area contributed by atoms with E-state index in [1.807, 2.05) is 31.2 Å². The maximum Gasteiger partial charge on any atom is 0.237 e. The van der Waals surface area contributed by atoms with Crippen molar-refractivity contribution in [3.8, 4) is 0 Å². The molecule has 2 rings (SSSR count). The zero-order chi connectivity index (χ0) is 14.5. The number of amides is 1. The van der Waals surface area contributed by atoms with Crippen molar-refractivity contribution in [1.82, 2.24) is 10.6 Å². The van der Waals surface area contributed by atoms with Crippen molar-refractivity contribution >= 4 is 17.5 Å². The van der Waals surface area contributed by atoms with Crippen molar-refractivity contribution in [2.24, 2.45) is 5.92 Å². The van der Waals surface area contributed by atoms with Gasteiger partial charge in [0.1, 0.15) is 0 Å². The molecular formula is C16H23ClN2O. The van der Waals surface area contributed by atoms with Crippen molar-refractivity contribution in [2.45, 2.75) is 45.2 Å². The predicted molar refractivity (Wildman–Crippen MR) is 82.8 cm³/mol. The quantitative estimate of drug-likeness (QED) is 0.894. The molecule has 1 aromatic carbocycles. The number of nitrogens with one attached hydrogen (secondary N) is 2. The zero-order valence-corrected chi connectivity index (χ0v) is 12.9. The van der Waals surface area contributed by atoms with Gasteiger partial charge >= 0.3 is 0 Å². The molecule has 1 aromatic rings. The third kappa shape index (κ3) is 3.74. The third-order valence-electron chi connectivity index (χ3n) is 4.14. The van der Waals surface area contributed by atoms with Gasteiger partial charge in [0.15, 0.2) is 0 Å². The molecule has 3 unspecified atom stereocenters. The highest BCUT2D eigenvalue weighted by atomic mass is 35.5. The van der Waals surface area contributed by atoms with E-state index in [-0.39, 0.29) is 18.0 Å². The molecule has 0 aliphatic carbocycles. The molecule has 4 heteroatoms. The number of hydrogen-bond donors (Lipinski definition) is 2. The van der Waals surface area contributed by atoms with Gasteiger partial charge in [-0.3, -0.25) is 4.79 Å². The summed E-state index contributed by atoms with van der Waals surface area (Å²) in [5, 5.41) is 7.07. The number of carbonyl (C=O) groups is 1. The Morgan fingerprint density at radius 1 is 1.50 bits per heavy atom. The average molecular weight is 295 g/mol. The largest absolute Gasteiger partial charge is 0.348 e. The smallest absolute Gasteiger partial charge is 0.237 e. The van der Waals surface area contributed by atoms with Gasteiger partial charge in [0.05, 0.1) is 12.1 Å². The summed E-state index contributed by atoms with van der Waals surface area (Å²) in [6, 6.07) is 7.51. The first-order valence-corrected chi connectivity index (χ1v) is 7.77. The summed E-state index contributed by atoms with van der Waals surface area (Å²) in [5.41, 5.74) is 0.963. The second kappa shape index (κ2) is 7.09. The minimum absolute atomic E-state index is 0.0694. The van der Waals surface area contributed by atoms with Gasteiger partial charge in [-0.25, -0.2) is 0 Å². The first-order chi connectivity index (χ1) is 9.61. The van der Waals surface area contributed by atoms with Crippen molar-refractivity contribution in [2.75, 3.05) is 6.54 Å². The fourth-order valence-electron chi connectivity index (χ4n) is 2.78. The van der Waals surface area contributed by atoms with Crippen LogP contribution in [0.2, 0.25) is 5.02 Å². The first kappa shape index (κ1) is 15.3. The van der Waals surface area contributed by atoms with E-state index in [2.05, 4.69) is 17.6 Å². The van der Waals surface area contributed by atoms with Crippen LogP contribution in [0.25, 0.3) is 0 Å². The Labute approximate surface area is 126 Å². The summed E-state index contributed by atoms with van der Waals surface area (Å²) in [6.45, 7) is 5.09. The number of rotatable bonds is 4. The lowest BCUT2D eigenvalue weighted by atomic mass is 9.90. The number of piperidine rings is 1. The molecule has 1 aliphatic heterocycles. The normalized spacial score (nSPS) is 24.1. The van der Waals surface area contributed by atoms with Crippen LogP contribution in [0, 0.1) is 5.92 Å². The molecule has 3 atom stereocenters. The van der Waals surface area contributed by atoms with E-state index in [4.69, 9.17) is 11.6 Å². The van der Waals surface area contributed by atoms with Gasteiger partial charge in [0, 0.05) is 5.02 Å².